The maximum atomic E-state index is 4.72. The van der Waals surface area contributed by atoms with Crippen LogP contribution < -0.4 is 0 Å². The fourth-order valence-corrected chi connectivity index (χ4v) is 0.295. The summed E-state index contributed by atoms with van der Waals surface area (Å²) in [5.41, 5.74) is 0. The van der Waals surface area contributed by atoms with E-state index in [1.807, 2.05) is 0 Å². The molecule has 0 aliphatic carbocycles. The van der Waals surface area contributed by atoms with Crippen LogP contribution in [0.15, 0.2) is 10.6 Å². The summed E-state index contributed by atoms with van der Waals surface area (Å²) in [5, 5.41) is 0. The van der Waals surface area contributed by atoms with Crippen molar-refractivity contribution in [3.63, 3.8) is 0 Å². The molecule has 0 fully saturated rings. The second-order valence-electron chi connectivity index (χ2n) is 1.05. The van der Waals surface area contributed by atoms with E-state index in [9.17, 15) is 0 Å². The molecule has 0 bridgehead atoms. The summed E-state index contributed by atoms with van der Waals surface area (Å²) in [4.78, 5) is 3.75. The molecular formula is C3H4BNO. The first-order valence-electron chi connectivity index (χ1n) is 1.75. The van der Waals surface area contributed by atoms with E-state index in [2.05, 4.69) is 4.89 Å². The molecule has 1 aromatic rings. The third kappa shape index (κ3) is 0.480. The molecule has 1 rings (SSSR count). The number of aryl methyl sites for hydroxylation is 1. The average molecular weight is 80.9 g/mol. The molecule has 30 valence electrons. The number of aromatic nitrogens is 1. The van der Waals surface area contributed by atoms with Crippen molar-refractivity contribution in [2.45, 2.75) is 6.92 Å². The monoisotopic (exact) mass is 81.0 g/mol. The van der Waals surface area contributed by atoms with Gasteiger partial charge in [0.15, 0.2) is 0 Å². The van der Waals surface area contributed by atoms with Gasteiger partial charge in [-0.3, -0.25) is 0 Å². The first kappa shape index (κ1) is 3.59. The Labute approximate surface area is 36.4 Å². The van der Waals surface area contributed by atoms with Crippen molar-refractivity contribution < 1.29 is 4.42 Å². The van der Waals surface area contributed by atoms with E-state index in [1.54, 1.807) is 20.1 Å². The molecule has 0 saturated carbocycles. The zero-order valence-corrected chi connectivity index (χ0v) is 3.51. The zero-order valence-electron chi connectivity index (χ0n) is 3.51. The normalized spacial score (nSPS) is 8.17. The molecule has 0 N–H and O–H groups in total. The van der Waals surface area contributed by atoms with E-state index < -0.39 is 0 Å². The Morgan fingerprint density at radius 2 is 2.83 bits per heavy atom. The number of rotatable bonds is 0. The zero-order chi connectivity index (χ0) is 4.41. The van der Waals surface area contributed by atoms with Crippen LogP contribution in [-0.2, 0) is 0 Å². The second kappa shape index (κ2) is 1.24. The minimum absolute atomic E-state index is 0.718. The molecule has 2 nitrogen and oxygen atoms in total. The van der Waals surface area contributed by atoms with Gasteiger partial charge in [-0.25, -0.2) is 0 Å². The van der Waals surface area contributed by atoms with Crippen molar-refractivity contribution in [2.75, 3.05) is 0 Å². The standard InChI is InChI=1S/C3H4BNO/c1-3-5-4-2-6-3/h2H,1H3. The van der Waals surface area contributed by atoms with Gasteiger partial charge in [-0.2, -0.15) is 0 Å². The van der Waals surface area contributed by atoms with Gasteiger partial charge in [0.2, 0.25) is 0 Å². The van der Waals surface area contributed by atoms with Gasteiger partial charge in [-0.1, -0.05) is 0 Å². The summed E-state index contributed by atoms with van der Waals surface area (Å²) in [6.45, 7) is 1.81. The first-order valence-corrected chi connectivity index (χ1v) is 1.75. The molecule has 0 atom stereocenters. The Morgan fingerprint density at radius 1 is 2.00 bits per heavy atom. The van der Waals surface area contributed by atoms with Crippen LogP contribution in [0.1, 0.15) is 5.89 Å². The molecule has 0 radical (unpaired) electrons. The van der Waals surface area contributed by atoms with Crippen molar-refractivity contribution in [3.05, 3.63) is 12.0 Å². The van der Waals surface area contributed by atoms with Gasteiger partial charge in [-0.05, 0) is 0 Å². The van der Waals surface area contributed by atoms with Crippen LogP contribution in [0.3, 0.4) is 0 Å². The second-order valence-corrected chi connectivity index (χ2v) is 1.05. The van der Waals surface area contributed by atoms with Gasteiger partial charge < -0.3 is 0 Å². The van der Waals surface area contributed by atoms with Gasteiger partial charge in [0.25, 0.3) is 0 Å². The van der Waals surface area contributed by atoms with Crippen molar-refractivity contribution in [2.24, 2.45) is 0 Å². The fraction of sp³-hybridized carbons (Fsp3) is 0.333. The molecule has 0 unspecified atom stereocenters. The van der Waals surface area contributed by atoms with Gasteiger partial charge in [0.05, 0.1) is 0 Å². The SMILES string of the molecule is Cc1nbco1. The summed E-state index contributed by atoms with van der Waals surface area (Å²) < 4.78 is 4.72. The van der Waals surface area contributed by atoms with Crippen LogP contribution in [0.2, 0.25) is 0 Å². The van der Waals surface area contributed by atoms with Crippen LogP contribution in [0, 0.1) is 6.92 Å². The summed E-state index contributed by atoms with van der Waals surface area (Å²) in [7, 11) is 1.62. The van der Waals surface area contributed by atoms with E-state index in [-0.39, 0.29) is 0 Å². The molecular weight excluding hydrogens is 76.9 g/mol. The maximum absolute atomic E-state index is 4.72. The first-order chi connectivity index (χ1) is 2.89. The van der Waals surface area contributed by atoms with Gasteiger partial charge in [0.1, 0.15) is 0 Å². The third-order valence-corrected chi connectivity index (χ3v) is 0.556. The predicted octanol–water partition coefficient (Wildman–Crippen LogP) is 0.321. The summed E-state index contributed by atoms with van der Waals surface area (Å²) in [5.74, 6) is 0.718. The van der Waals surface area contributed by atoms with Gasteiger partial charge >= 0.3 is 35.3 Å². The summed E-state index contributed by atoms with van der Waals surface area (Å²) in [6.07, 6.45) is 1.55. The van der Waals surface area contributed by atoms with Crippen LogP contribution >= 0.6 is 0 Å². The topological polar surface area (TPSA) is 26.0 Å². The predicted molar refractivity (Wildman–Crippen MR) is 22.6 cm³/mol. The Balaban J connectivity index is 3.05. The molecule has 0 spiro atoms. The molecule has 0 aromatic carbocycles. The molecule has 0 amide bonds. The Hall–Kier alpha value is -0.595. The van der Waals surface area contributed by atoms with Crippen LogP contribution in [0.5, 0.6) is 0 Å². The third-order valence-electron chi connectivity index (χ3n) is 0.556. The average Bonchev–Trinajstić information content (AvgIpc) is 1.86. The van der Waals surface area contributed by atoms with Crippen molar-refractivity contribution in [1.29, 1.82) is 0 Å². The molecule has 0 aliphatic rings. The van der Waals surface area contributed by atoms with E-state index in [1.165, 1.54) is 0 Å². The van der Waals surface area contributed by atoms with Crippen LogP contribution in [-0.4, -0.2) is 11.9 Å². The van der Waals surface area contributed by atoms with E-state index in [4.69, 9.17) is 4.42 Å². The van der Waals surface area contributed by atoms with Crippen molar-refractivity contribution in [1.82, 2.24) is 4.89 Å². The van der Waals surface area contributed by atoms with E-state index in [0.717, 1.165) is 5.89 Å². The quantitative estimate of drug-likeness (QED) is 0.449. The van der Waals surface area contributed by atoms with Crippen molar-refractivity contribution in [3.8, 4) is 0 Å². The molecule has 0 saturated heterocycles. The Morgan fingerprint density at radius 3 is 3.00 bits per heavy atom. The number of hydrogen-bond donors (Lipinski definition) is 0. The Bertz CT molecular complexity index is 114. The number of hydrogen-bond acceptors (Lipinski definition) is 2. The minimum atomic E-state index is 0.718. The Kier molecular flexibility index (Phi) is 0.745. The summed E-state index contributed by atoms with van der Waals surface area (Å²) in [6, 6.07) is 0. The fourth-order valence-electron chi connectivity index (χ4n) is 0.295. The summed E-state index contributed by atoms with van der Waals surface area (Å²) >= 11 is 0. The number of nitrogens with zero attached hydrogens (tertiary/aromatic N) is 1. The van der Waals surface area contributed by atoms with Gasteiger partial charge in [0, 0.05) is 0 Å². The molecule has 6 heavy (non-hydrogen) atoms. The van der Waals surface area contributed by atoms with Crippen LogP contribution in [0.4, 0.5) is 0 Å². The molecule has 1 aromatic heterocycles. The van der Waals surface area contributed by atoms with E-state index >= 15 is 0 Å². The molecule has 3 heteroatoms. The van der Waals surface area contributed by atoms with Crippen LogP contribution in [0.25, 0.3) is 0 Å². The van der Waals surface area contributed by atoms with E-state index in [0.29, 0.717) is 0 Å². The molecule has 1 heterocycles. The van der Waals surface area contributed by atoms with Crippen molar-refractivity contribution >= 4 is 7.05 Å². The molecule has 0 aliphatic heterocycles. The van der Waals surface area contributed by atoms with Gasteiger partial charge in [-0.15, -0.1) is 0 Å².